The highest BCUT2D eigenvalue weighted by Crippen LogP contribution is 2.04. The fourth-order valence-electron chi connectivity index (χ4n) is 2.42. The first kappa shape index (κ1) is 20.6. The van der Waals surface area contributed by atoms with Crippen molar-refractivity contribution in [1.29, 1.82) is 0 Å². The molecule has 0 unspecified atom stereocenters. The highest BCUT2D eigenvalue weighted by Gasteiger charge is 2.12. The van der Waals surface area contributed by atoms with Crippen LogP contribution in [0.2, 0.25) is 0 Å². The van der Waals surface area contributed by atoms with Crippen LogP contribution in [0.5, 0.6) is 0 Å². The van der Waals surface area contributed by atoms with Gasteiger partial charge in [-0.2, -0.15) is 0 Å². The minimum Gasteiger partial charge on any atom is -0.465 e. The number of nitrogens with zero attached hydrogens (tertiary/aromatic N) is 1. The van der Waals surface area contributed by atoms with Gasteiger partial charge in [-0.05, 0) is 23.3 Å². The smallest absolute Gasteiger partial charge is 0.306 e. The number of hydrogen-bond donors (Lipinski definition) is 1. The molecule has 0 radical (unpaired) electrons. The Kier molecular flexibility index (Phi) is 8.45. The first-order valence-electron chi connectivity index (χ1n) is 8.83. The maximum Gasteiger partial charge on any atom is 0.306 e. The monoisotopic (exact) mass is 384 g/mol. The normalized spacial score (nSPS) is 10.1. The van der Waals surface area contributed by atoms with Crippen LogP contribution in [-0.4, -0.2) is 35.5 Å². The predicted octanol–water partition coefficient (Wildman–Crippen LogP) is 3.09. The van der Waals surface area contributed by atoms with Gasteiger partial charge in [0.05, 0.1) is 13.0 Å². The molecule has 0 aliphatic heterocycles. The zero-order valence-corrected chi connectivity index (χ0v) is 16.2. The summed E-state index contributed by atoms with van der Waals surface area (Å²) in [7, 11) is 1.81. The lowest BCUT2D eigenvalue weighted by molar-refractivity contribution is -0.144. The lowest BCUT2D eigenvalue weighted by Crippen LogP contribution is -2.40. The predicted molar refractivity (Wildman–Crippen MR) is 109 cm³/mol. The van der Waals surface area contributed by atoms with E-state index in [1.807, 2.05) is 67.7 Å². The molecule has 2 rings (SSSR count). The Morgan fingerprint density at radius 3 is 2.19 bits per heavy atom. The average molecular weight is 385 g/mol. The van der Waals surface area contributed by atoms with Gasteiger partial charge in [-0.3, -0.25) is 9.59 Å². The van der Waals surface area contributed by atoms with Gasteiger partial charge >= 0.3 is 5.97 Å². The second-order valence-electron chi connectivity index (χ2n) is 6.15. The van der Waals surface area contributed by atoms with Crippen LogP contribution in [0.3, 0.4) is 0 Å². The van der Waals surface area contributed by atoms with E-state index in [1.165, 1.54) is 0 Å². The number of carbonyl (C=O) groups is 2. The summed E-state index contributed by atoms with van der Waals surface area (Å²) < 4.78 is 5.17. The van der Waals surface area contributed by atoms with Gasteiger partial charge in [0.1, 0.15) is 0 Å². The first-order valence-corrected chi connectivity index (χ1v) is 9.24. The van der Waals surface area contributed by atoms with Crippen molar-refractivity contribution in [2.45, 2.75) is 25.8 Å². The topological polar surface area (TPSA) is 58.6 Å². The van der Waals surface area contributed by atoms with Crippen LogP contribution in [-0.2, 0) is 27.3 Å². The molecule has 0 bridgehead atoms. The van der Waals surface area contributed by atoms with E-state index < -0.39 is 0 Å². The SMILES string of the molecule is CN(Cc1ccccc1)C(=S)NC(=O)CCC(=O)OCCc1ccccc1. The molecule has 0 atom stereocenters. The van der Waals surface area contributed by atoms with Crippen molar-refractivity contribution < 1.29 is 14.3 Å². The minimum atomic E-state index is -0.385. The van der Waals surface area contributed by atoms with E-state index >= 15 is 0 Å². The van der Waals surface area contributed by atoms with Gasteiger partial charge < -0.3 is 15.0 Å². The fourth-order valence-corrected chi connectivity index (χ4v) is 2.60. The molecule has 0 aromatic heterocycles. The van der Waals surface area contributed by atoms with Crippen LogP contribution < -0.4 is 5.32 Å². The molecule has 0 aliphatic carbocycles. The quantitative estimate of drug-likeness (QED) is 0.560. The number of benzene rings is 2. The Hall–Kier alpha value is -2.73. The number of ether oxygens (including phenoxy) is 1. The minimum absolute atomic E-state index is 0.0334. The molecule has 5 nitrogen and oxygen atoms in total. The maximum atomic E-state index is 12.0. The van der Waals surface area contributed by atoms with Gasteiger partial charge in [0, 0.05) is 26.4 Å². The Labute approximate surface area is 165 Å². The molecule has 0 heterocycles. The molecule has 0 saturated heterocycles. The second-order valence-corrected chi connectivity index (χ2v) is 6.54. The Bertz CT molecular complexity index is 751. The lowest BCUT2D eigenvalue weighted by atomic mass is 10.2. The van der Waals surface area contributed by atoms with Crippen molar-refractivity contribution in [2.75, 3.05) is 13.7 Å². The molecular weight excluding hydrogens is 360 g/mol. The number of thiocarbonyl (C=S) groups is 1. The van der Waals surface area contributed by atoms with Crippen molar-refractivity contribution in [1.82, 2.24) is 10.2 Å². The van der Waals surface area contributed by atoms with Gasteiger partial charge in [-0.1, -0.05) is 60.7 Å². The van der Waals surface area contributed by atoms with E-state index in [0.29, 0.717) is 24.7 Å². The lowest BCUT2D eigenvalue weighted by Gasteiger charge is -2.20. The van der Waals surface area contributed by atoms with Crippen LogP contribution in [0.1, 0.15) is 24.0 Å². The van der Waals surface area contributed by atoms with Crippen molar-refractivity contribution in [2.24, 2.45) is 0 Å². The van der Waals surface area contributed by atoms with E-state index in [-0.39, 0.29) is 24.7 Å². The van der Waals surface area contributed by atoms with Crippen molar-refractivity contribution in [3.8, 4) is 0 Å². The van der Waals surface area contributed by atoms with E-state index in [9.17, 15) is 9.59 Å². The molecule has 27 heavy (non-hydrogen) atoms. The van der Waals surface area contributed by atoms with Crippen molar-refractivity contribution in [3.63, 3.8) is 0 Å². The number of nitrogens with one attached hydrogen (secondary N) is 1. The first-order chi connectivity index (χ1) is 13.0. The molecule has 0 aliphatic rings. The van der Waals surface area contributed by atoms with Gasteiger partial charge in [0.25, 0.3) is 0 Å². The molecule has 1 amide bonds. The third-order valence-electron chi connectivity index (χ3n) is 3.91. The molecule has 0 spiro atoms. The summed E-state index contributed by atoms with van der Waals surface area (Å²) in [6.07, 6.45) is 0.738. The highest BCUT2D eigenvalue weighted by atomic mass is 32.1. The van der Waals surface area contributed by atoms with E-state index in [2.05, 4.69) is 5.32 Å². The Morgan fingerprint density at radius 1 is 0.963 bits per heavy atom. The standard InChI is InChI=1S/C21H24N2O3S/c1-23(16-18-10-6-3-7-11-18)21(27)22-19(24)12-13-20(25)26-15-14-17-8-4-2-5-9-17/h2-11H,12-16H2,1H3,(H,22,24,27). The van der Waals surface area contributed by atoms with E-state index in [0.717, 1.165) is 11.1 Å². The van der Waals surface area contributed by atoms with Gasteiger partial charge in [0.2, 0.25) is 5.91 Å². The second kappa shape index (κ2) is 11.1. The van der Waals surface area contributed by atoms with Crippen molar-refractivity contribution >= 4 is 29.2 Å². The number of hydrogen-bond acceptors (Lipinski definition) is 4. The summed E-state index contributed by atoms with van der Waals surface area (Å²) >= 11 is 5.23. The molecular formula is C21H24N2O3S. The van der Waals surface area contributed by atoms with Crippen LogP contribution >= 0.6 is 12.2 Å². The summed E-state index contributed by atoms with van der Waals surface area (Å²) in [5.74, 6) is -0.676. The number of rotatable bonds is 8. The van der Waals surface area contributed by atoms with E-state index in [1.54, 1.807) is 4.90 Å². The molecule has 0 fully saturated rings. The summed E-state index contributed by atoms with van der Waals surface area (Å²) in [6.45, 7) is 0.907. The number of carbonyl (C=O) groups excluding carboxylic acids is 2. The highest BCUT2D eigenvalue weighted by molar-refractivity contribution is 7.80. The molecule has 6 heteroatoms. The van der Waals surface area contributed by atoms with E-state index in [4.69, 9.17) is 17.0 Å². The van der Waals surface area contributed by atoms with Gasteiger partial charge in [-0.15, -0.1) is 0 Å². The Morgan fingerprint density at radius 2 is 1.56 bits per heavy atom. The molecule has 2 aromatic rings. The molecule has 1 N–H and O–H groups in total. The van der Waals surface area contributed by atoms with Crippen molar-refractivity contribution in [3.05, 3.63) is 71.8 Å². The van der Waals surface area contributed by atoms with Crippen LogP contribution in [0.25, 0.3) is 0 Å². The third-order valence-corrected chi connectivity index (χ3v) is 4.32. The molecule has 2 aromatic carbocycles. The Balaban J connectivity index is 1.63. The third kappa shape index (κ3) is 8.00. The van der Waals surface area contributed by atoms with Crippen LogP contribution in [0, 0.1) is 0 Å². The summed E-state index contributed by atoms with van der Waals surface area (Å²) in [5, 5.41) is 2.98. The zero-order chi connectivity index (χ0) is 19.5. The molecule has 0 saturated carbocycles. The number of esters is 1. The number of amides is 1. The largest absolute Gasteiger partial charge is 0.465 e. The zero-order valence-electron chi connectivity index (χ0n) is 15.4. The summed E-state index contributed by atoms with van der Waals surface area (Å²) in [4.78, 5) is 25.5. The van der Waals surface area contributed by atoms with Crippen LogP contribution in [0.4, 0.5) is 0 Å². The van der Waals surface area contributed by atoms with Gasteiger partial charge in [0.15, 0.2) is 5.11 Å². The fraction of sp³-hybridized carbons (Fsp3) is 0.286. The average Bonchev–Trinajstić information content (AvgIpc) is 2.68. The summed E-state index contributed by atoms with van der Waals surface area (Å²) in [6, 6.07) is 19.6. The van der Waals surface area contributed by atoms with Gasteiger partial charge in [-0.25, -0.2) is 0 Å². The van der Waals surface area contributed by atoms with Crippen LogP contribution in [0.15, 0.2) is 60.7 Å². The summed E-state index contributed by atoms with van der Waals surface area (Å²) in [5.41, 5.74) is 2.20. The molecule has 142 valence electrons. The maximum absolute atomic E-state index is 12.0.